The average molecular weight is 258 g/mol. The van der Waals surface area contributed by atoms with Crippen molar-refractivity contribution in [3.8, 4) is 6.07 Å². The summed E-state index contributed by atoms with van der Waals surface area (Å²) < 4.78 is 14.8. The van der Waals surface area contributed by atoms with Gasteiger partial charge in [0, 0.05) is 18.8 Å². The molecule has 0 saturated heterocycles. The molecule has 5 nitrogen and oxygen atoms in total. The second kappa shape index (κ2) is 4.90. The Kier molecular flexibility index (Phi) is 3.29. The predicted octanol–water partition coefficient (Wildman–Crippen LogP) is 1.99. The number of carbonyl (C=O) groups excluding carboxylic acids is 1. The van der Waals surface area contributed by atoms with Gasteiger partial charge in [-0.25, -0.2) is 4.39 Å². The van der Waals surface area contributed by atoms with E-state index in [4.69, 9.17) is 5.26 Å². The Bertz CT molecular complexity index is 684. The first-order valence-electron chi connectivity index (χ1n) is 5.52. The van der Waals surface area contributed by atoms with Gasteiger partial charge in [0.2, 0.25) is 0 Å². The number of hydrogen-bond acceptors (Lipinski definition) is 3. The minimum absolute atomic E-state index is 0.163. The summed E-state index contributed by atoms with van der Waals surface area (Å²) in [6.07, 6.45) is 1.49. The van der Waals surface area contributed by atoms with Crippen LogP contribution in [0.3, 0.4) is 0 Å². The van der Waals surface area contributed by atoms with Crippen LogP contribution in [-0.2, 0) is 7.05 Å². The average Bonchev–Trinajstić information content (AvgIpc) is 2.72. The number of nitrogens with one attached hydrogen (secondary N) is 1. The predicted molar refractivity (Wildman–Crippen MR) is 67.0 cm³/mol. The monoisotopic (exact) mass is 258 g/mol. The molecule has 2 aromatic rings. The molecule has 0 aliphatic carbocycles. The molecule has 0 spiro atoms. The molecule has 6 heteroatoms. The molecule has 0 aliphatic rings. The molecular formula is C13H11FN4O. The summed E-state index contributed by atoms with van der Waals surface area (Å²) in [6.45, 7) is 1.61. The molecule has 1 amide bonds. The van der Waals surface area contributed by atoms with Crippen molar-refractivity contribution in [2.45, 2.75) is 6.92 Å². The van der Waals surface area contributed by atoms with Crippen LogP contribution >= 0.6 is 0 Å². The van der Waals surface area contributed by atoms with E-state index in [0.717, 1.165) is 6.07 Å². The summed E-state index contributed by atoms with van der Waals surface area (Å²) in [5.74, 6) is -0.792. The molecule has 96 valence electrons. The Morgan fingerprint density at radius 3 is 2.89 bits per heavy atom. The molecule has 1 N–H and O–H groups in total. The van der Waals surface area contributed by atoms with Gasteiger partial charge in [-0.15, -0.1) is 0 Å². The lowest BCUT2D eigenvalue weighted by Gasteiger charge is -2.04. The van der Waals surface area contributed by atoms with Crippen LogP contribution in [0.25, 0.3) is 0 Å². The summed E-state index contributed by atoms with van der Waals surface area (Å²) in [5.41, 5.74) is 0.896. The summed E-state index contributed by atoms with van der Waals surface area (Å²) in [4.78, 5) is 11.9. The summed E-state index contributed by atoms with van der Waals surface area (Å²) in [7, 11) is 1.64. The molecule has 0 saturated carbocycles. The summed E-state index contributed by atoms with van der Waals surface area (Å²) in [6, 6.07) is 6.11. The highest BCUT2D eigenvalue weighted by Crippen LogP contribution is 2.14. The van der Waals surface area contributed by atoms with Gasteiger partial charge >= 0.3 is 0 Å². The highest BCUT2D eigenvalue weighted by molar-refractivity contribution is 6.04. The first-order chi connectivity index (χ1) is 9.01. The second-order valence-corrected chi connectivity index (χ2v) is 4.09. The van der Waals surface area contributed by atoms with Crippen molar-refractivity contribution in [2.75, 3.05) is 5.32 Å². The van der Waals surface area contributed by atoms with Crippen LogP contribution in [-0.4, -0.2) is 15.7 Å². The Morgan fingerprint density at radius 2 is 2.26 bits per heavy atom. The number of anilines is 1. The fourth-order valence-electron chi connectivity index (χ4n) is 1.58. The van der Waals surface area contributed by atoms with E-state index in [1.807, 2.05) is 6.07 Å². The van der Waals surface area contributed by atoms with Gasteiger partial charge in [0.15, 0.2) is 5.82 Å². The molecule has 0 bridgehead atoms. The number of carbonyl (C=O) groups is 1. The van der Waals surface area contributed by atoms with Crippen LogP contribution in [0.5, 0.6) is 0 Å². The molecule has 1 aromatic heterocycles. The largest absolute Gasteiger partial charge is 0.304 e. The van der Waals surface area contributed by atoms with Crippen LogP contribution in [0.15, 0.2) is 24.4 Å². The molecule has 2 rings (SSSR count). The van der Waals surface area contributed by atoms with E-state index < -0.39 is 11.7 Å². The highest BCUT2D eigenvalue weighted by atomic mass is 19.1. The van der Waals surface area contributed by atoms with Gasteiger partial charge < -0.3 is 5.32 Å². The van der Waals surface area contributed by atoms with E-state index in [9.17, 15) is 9.18 Å². The van der Waals surface area contributed by atoms with Gasteiger partial charge in [-0.1, -0.05) is 6.07 Å². The first-order valence-corrected chi connectivity index (χ1v) is 5.52. The zero-order valence-electron chi connectivity index (χ0n) is 10.4. The van der Waals surface area contributed by atoms with E-state index >= 15 is 0 Å². The number of nitrogens with zero attached hydrogens (tertiary/aromatic N) is 3. The Balaban J connectivity index is 2.26. The number of amides is 1. The molecule has 0 atom stereocenters. The van der Waals surface area contributed by atoms with E-state index in [1.54, 1.807) is 14.0 Å². The Hall–Kier alpha value is -2.68. The smallest absolute Gasteiger partial charge is 0.257 e. The number of hydrogen-bond donors (Lipinski definition) is 1. The van der Waals surface area contributed by atoms with Crippen molar-refractivity contribution >= 4 is 11.7 Å². The van der Waals surface area contributed by atoms with E-state index in [1.165, 1.54) is 23.0 Å². The maximum Gasteiger partial charge on any atom is 0.257 e. The Labute approximate surface area is 109 Å². The van der Waals surface area contributed by atoms with Crippen LogP contribution < -0.4 is 5.32 Å². The summed E-state index contributed by atoms with van der Waals surface area (Å²) in [5, 5.41) is 15.3. The zero-order valence-corrected chi connectivity index (χ0v) is 10.4. The lowest BCUT2D eigenvalue weighted by Crippen LogP contribution is -2.13. The third-order valence-corrected chi connectivity index (χ3v) is 2.62. The van der Waals surface area contributed by atoms with Crippen LogP contribution in [0.4, 0.5) is 10.2 Å². The maximum absolute atomic E-state index is 13.4. The van der Waals surface area contributed by atoms with Crippen molar-refractivity contribution < 1.29 is 9.18 Å². The normalized spacial score (nSPS) is 10.0. The van der Waals surface area contributed by atoms with Gasteiger partial charge in [-0.05, 0) is 24.6 Å². The third kappa shape index (κ3) is 2.60. The third-order valence-electron chi connectivity index (χ3n) is 2.62. The lowest BCUT2D eigenvalue weighted by atomic mass is 10.1. The van der Waals surface area contributed by atoms with Gasteiger partial charge in [0.05, 0.1) is 0 Å². The molecule has 1 aromatic carbocycles. The fraction of sp³-hybridized carbons (Fsp3) is 0.154. The standard InChI is InChI=1S/C13H11FN4O/c1-8-3-4-9(5-11(8)14)13(19)16-12-10(6-15)7-18(2)17-12/h3-5,7H,1-2H3,(H,16,17,19). The Morgan fingerprint density at radius 1 is 1.53 bits per heavy atom. The molecule has 1 heterocycles. The van der Waals surface area contributed by atoms with E-state index in [0.29, 0.717) is 5.56 Å². The minimum atomic E-state index is -0.505. The SMILES string of the molecule is Cc1ccc(C(=O)Nc2nn(C)cc2C#N)cc1F. The van der Waals surface area contributed by atoms with Gasteiger partial charge in [0.25, 0.3) is 5.91 Å². The van der Waals surface area contributed by atoms with Crippen molar-refractivity contribution in [1.29, 1.82) is 5.26 Å². The van der Waals surface area contributed by atoms with Crippen LogP contribution in [0, 0.1) is 24.1 Å². The van der Waals surface area contributed by atoms with Gasteiger partial charge in [-0.3, -0.25) is 9.48 Å². The topological polar surface area (TPSA) is 70.7 Å². The number of benzene rings is 1. The highest BCUT2D eigenvalue weighted by Gasteiger charge is 2.13. The molecule has 19 heavy (non-hydrogen) atoms. The quantitative estimate of drug-likeness (QED) is 0.895. The van der Waals surface area contributed by atoms with Crippen LogP contribution in [0.2, 0.25) is 0 Å². The lowest BCUT2D eigenvalue weighted by molar-refractivity contribution is 0.102. The number of aromatic nitrogens is 2. The number of aryl methyl sites for hydroxylation is 2. The maximum atomic E-state index is 13.4. The van der Waals surface area contributed by atoms with E-state index in [-0.39, 0.29) is 16.9 Å². The van der Waals surface area contributed by atoms with Crippen molar-refractivity contribution in [3.63, 3.8) is 0 Å². The molecule has 0 radical (unpaired) electrons. The fourth-order valence-corrected chi connectivity index (χ4v) is 1.58. The first kappa shape index (κ1) is 12.8. The number of nitriles is 1. The molecule has 0 aliphatic heterocycles. The number of rotatable bonds is 2. The summed E-state index contributed by atoms with van der Waals surface area (Å²) >= 11 is 0. The molecule has 0 fully saturated rings. The van der Waals surface area contributed by atoms with Crippen LogP contribution in [0.1, 0.15) is 21.5 Å². The van der Waals surface area contributed by atoms with E-state index in [2.05, 4.69) is 10.4 Å². The van der Waals surface area contributed by atoms with Crippen molar-refractivity contribution in [1.82, 2.24) is 9.78 Å². The zero-order chi connectivity index (χ0) is 14.0. The van der Waals surface area contributed by atoms with Gasteiger partial charge in [0.1, 0.15) is 17.4 Å². The van der Waals surface area contributed by atoms with Gasteiger partial charge in [-0.2, -0.15) is 10.4 Å². The second-order valence-electron chi connectivity index (χ2n) is 4.09. The van der Waals surface area contributed by atoms with Crippen molar-refractivity contribution in [3.05, 3.63) is 46.9 Å². The minimum Gasteiger partial charge on any atom is -0.304 e. The number of halogens is 1. The molecule has 0 unspecified atom stereocenters. The van der Waals surface area contributed by atoms with Crippen molar-refractivity contribution in [2.24, 2.45) is 7.05 Å². The molecular weight excluding hydrogens is 247 g/mol.